The fraction of sp³-hybridized carbons (Fsp3) is 1.00. The Balaban J connectivity index is 2.33. The summed E-state index contributed by atoms with van der Waals surface area (Å²) in [7, 11) is 0. The summed E-state index contributed by atoms with van der Waals surface area (Å²) in [6.07, 6.45) is 14.4. The van der Waals surface area contributed by atoms with E-state index in [1.807, 2.05) is 0 Å². The zero-order valence-corrected chi connectivity index (χ0v) is 11.5. The van der Waals surface area contributed by atoms with Gasteiger partial charge in [0, 0.05) is 0 Å². The van der Waals surface area contributed by atoms with Crippen molar-refractivity contribution in [2.75, 3.05) is 13.1 Å². The van der Waals surface area contributed by atoms with Gasteiger partial charge in [-0.1, -0.05) is 52.4 Å². The van der Waals surface area contributed by atoms with Gasteiger partial charge in [0.25, 0.3) is 0 Å². The van der Waals surface area contributed by atoms with Crippen molar-refractivity contribution in [3.63, 3.8) is 0 Å². The average molecular weight is 225 g/mol. The van der Waals surface area contributed by atoms with Gasteiger partial charge in [0.15, 0.2) is 0 Å². The summed E-state index contributed by atoms with van der Waals surface area (Å²) in [4.78, 5) is 0. The second-order valence-corrected chi connectivity index (χ2v) is 5.66. The van der Waals surface area contributed by atoms with E-state index in [-0.39, 0.29) is 0 Å². The third-order valence-electron chi connectivity index (χ3n) is 4.29. The highest BCUT2D eigenvalue weighted by molar-refractivity contribution is 4.84. The van der Waals surface area contributed by atoms with Crippen molar-refractivity contribution in [3.8, 4) is 0 Å². The zero-order chi connectivity index (χ0) is 11.7. The standard InChI is InChI=1S/C15H31N/c1-3-5-7-9-15(10-8-6-4-2)11-13-16-14-12-15/h16H,3-14H2,1-2H3. The van der Waals surface area contributed by atoms with Crippen LogP contribution in [0, 0.1) is 5.41 Å². The second kappa shape index (κ2) is 8.11. The highest BCUT2D eigenvalue weighted by Gasteiger charge is 2.30. The van der Waals surface area contributed by atoms with Crippen LogP contribution in [-0.2, 0) is 0 Å². The predicted octanol–water partition coefficient (Wildman–Crippen LogP) is 4.52. The van der Waals surface area contributed by atoms with E-state index in [4.69, 9.17) is 0 Å². The first-order chi connectivity index (χ1) is 7.83. The Hall–Kier alpha value is -0.0400. The molecule has 0 aromatic carbocycles. The van der Waals surface area contributed by atoms with Crippen molar-refractivity contribution in [2.45, 2.75) is 78.1 Å². The molecule has 1 N–H and O–H groups in total. The fourth-order valence-corrected chi connectivity index (χ4v) is 3.08. The summed E-state index contributed by atoms with van der Waals surface area (Å²) in [6.45, 7) is 7.15. The van der Waals surface area contributed by atoms with Crippen molar-refractivity contribution in [1.82, 2.24) is 5.32 Å². The third kappa shape index (κ3) is 4.86. The minimum absolute atomic E-state index is 0.718. The second-order valence-electron chi connectivity index (χ2n) is 5.66. The Morgan fingerprint density at radius 1 is 0.812 bits per heavy atom. The minimum Gasteiger partial charge on any atom is -0.317 e. The van der Waals surface area contributed by atoms with Gasteiger partial charge in [-0.15, -0.1) is 0 Å². The number of piperidine rings is 1. The van der Waals surface area contributed by atoms with E-state index in [0.717, 1.165) is 5.41 Å². The maximum absolute atomic E-state index is 3.52. The van der Waals surface area contributed by atoms with Gasteiger partial charge in [-0.2, -0.15) is 0 Å². The summed E-state index contributed by atoms with van der Waals surface area (Å²) in [5.74, 6) is 0. The SMILES string of the molecule is CCCCCC1(CCCCC)CCNCC1. The molecule has 96 valence electrons. The van der Waals surface area contributed by atoms with E-state index >= 15 is 0 Å². The van der Waals surface area contributed by atoms with E-state index in [2.05, 4.69) is 19.2 Å². The molecule has 0 aromatic heterocycles. The number of hydrogen-bond acceptors (Lipinski definition) is 1. The van der Waals surface area contributed by atoms with Crippen LogP contribution in [-0.4, -0.2) is 13.1 Å². The van der Waals surface area contributed by atoms with Crippen LogP contribution < -0.4 is 5.32 Å². The highest BCUT2D eigenvalue weighted by atomic mass is 14.9. The Bertz CT molecular complexity index is 147. The summed E-state index contributed by atoms with van der Waals surface area (Å²) < 4.78 is 0. The van der Waals surface area contributed by atoms with Crippen LogP contribution in [0.1, 0.15) is 78.1 Å². The summed E-state index contributed by atoms with van der Waals surface area (Å²) in [5, 5.41) is 3.52. The molecule has 1 saturated heterocycles. The number of nitrogens with one attached hydrogen (secondary N) is 1. The fourth-order valence-electron chi connectivity index (χ4n) is 3.08. The molecule has 1 aliphatic rings. The van der Waals surface area contributed by atoms with Gasteiger partial charge < -0.3 is 5.32 Å². The first-order valence-electron chi connectivity index (χ1n) is 7.54. The smallest absolute Gasteiger partial charge is 0.00436 e. The maximum Gasteiger partial charge on any atom is -0.00436 e. The lowest BCUT2D eigenvalue weighted by molar-refractivity contribution is 0.158. The van der Waals surface area contributed by atoms with Crippen molar-refractivity contribution < 1.29 is 0 Å². The molecule has 0 aromatic rings. The Morgan fingerprint density at radius 2 is 1.31 bits per heavy atom. The molecule has 1 fully saturated rings. The molecule has 1 nitrogen and oxygen atoms in total. The molecule has 0 atom stereocenters. The van der Waals surface area contributed by atoms with E-state index in [1.165, 1.54) is 77.3 Å². The molecule has 0 saturated carbocycles. The van der Waals surface area contributed by atoms with E-state index in [1.54, 1.807) is 0 Å². The molecule has 1 heterocycles. The lowest BCUT2D eigenvalue weighted by atomic mass is 9.71. The molecule has 0 aliphatic carbocycles. The first-order valence-corrected chi connectivity index (χ1v) is 7.54. The molecule has 1 heteroatoms. The van der Waals surface area contributed by atoms with Crippen molar-refractivity contribution in [2.24, 2.45) is 5.41 Å². The van der Waals surface area contributed by atoms with Crippen LogP contribution in [0.2, 0.25) is 0 Å². The largest absolute Gasteiger partial charge is 0.317 e. The van der Waals surface area contributed by atoms with Crippen LogP contribution in [0.5, 0.6) is 0 Å². The number of unbranched alkanes of at least 4 members (excludes halogenated alkanes) is 4. The molecule has 0 radical (unpaired) electrons. The maximum atomic E-state index is 3.52. The molecule has 0 amide bonds. The predicted molar refractivity (Wildman–Crippen MR) is 72.8 cm³/mol. The molecular formula is C15H31N. The van der Waals surface area contributed by atoms with E-state index in [0.29, 0.717) is 0 Å². The lowest BCUT2D eigenvalue weighted by Crippen LogP contribution is -2.36. The van der Waals surface area contributed by atoms with Crippen molar-refractivity contribution in [3.05, 3.63) is 0 Å². The monoisotopic (exact) mass is 225 g/mol. The van der Waals surface area contributed by atoms with E-state index < -0.39 is 0 Å². The van der Waals surface area contributed by atoms with Gasteiger partial charge in [0.05, 0.1) is 0 Å². The first kappa shape index (κ1) is 14.0. The highest BCUT2D eigenvalue weighted by Crippen LogP contribution is 2.39. The Labute approximate surface area is 102 Å². The van der Waals surface area contributed by atoms with Crippen LogP contribution in [0.15, 0.2) is 0 Å². The topological polar surface area (TPSA) is 12.0 Å². The van der Waals surface area contributed by atoms with Gasteiger partial charge in [0.2, 0.25) is 0 Å². The van der Waals surface area contributed by atoms with E-state index in [9.17, 15) is 0 Å². The molecule has 16 heavy (non-hydrogen) atoms. The van der Waals surface area contributed by atoms with Gasteiger partial charge in [-0.3, -0.25) is 0 Å². The van der Waals surface area contributed by atoms with Crippen molar-refractivity contribution in [1.29, 1.82) is 0 Å². The van der Waals surface area contributed by atoms with Crippen LogP contribution in [0.4, 0.5) is 0 Å². The molecule has 0 unspecified atom stereocenters. The third-order valence-corrected chi connectivity index (χ3v) is 4.29. The molecule has 0 bridgehead atoms. The Kier molecular flexibility index (Phi) is 7.11. The lowest BCUT2D eigenvalue weighted by Gasteiger charge is -2.38. The Morgan fingerprint density at radius 3 is 1.75 bits per heavy atom. The average Bonchev–Trinajstić information content (AvgIpc) is 2.31. The molecular weight excluding hydrogens is 194 g/mol. The molecule has 1 rings (SSSR count). The minimum atomic E-state index is 0.718. The van der Waals surface area contributed by atoms with Crippen LogP contribution in [0.3, 0.4) is 0 Å². The van der Waals surface area contributed by atoms with Gasteiger partial charge >= 0.3 is 0 Å². The summed E-state index contributed by atoms with van der Waals surface area (Å²) >= 11 is 0. The zero-order valence-electron chi connectivity index (χ0n) is 11.5. The number of rotatable bonds is 8. The van der Waals surface area contributed by atoms with Crippen molar-refractivity contribution >= 4 is 0 Å². The summed E-state index contributed by atoms with van der Waals surface area (Å²) in [6, 6.07) is 0. The van der Waals surface area contributed by atoms with Gasteiger partial charge in [-0.05, 0) is 44.2 Å². The normalized spacial score (nSPS) is 19.9. The molecule has 0 spiro atoms. The van der Waals surface area contributed by atoms with Gasteiger partial charge in [-0.25, -0.2) is 0 Å². The number of hydrogen-bond donors (Lipinski definition) is 1. The molecule has 1 aliphatic heterocycles. The quantitative estimate of drug-likeness (QED) is 0.599. The summed E-state index contributed by atoms with van der Waals surface area (Å²) in [5.41, 5.74) is 0.718. The van der Waals surface area contributed by atoms with Crippen LogP contribution >= 0.6 is 0 Å². The van der Waals surface area contributed by atoms with Gasteiger partial charge in [0.1, 0.15) is 0 Å². The van der Waals surface area contributed by atoms with Crippen LogP contribution in [0.25, 0.3) is 0 Å².